The highest BCUT2D eigenvalue weighted by molar-refractivity contribution is 5.88. The van der Waals surface area contributed by atoms with E-state index < -0.39 is 11.9 Å². The number of methoxy groups -OCH3 is 2. The molecular weight excluding hydrogens is 350 g/mol. The number of carbonyl (C=O) groups excluding carboxylic acids is 1. The van der Waals surface area contributed by atoms with E-state index >= 15 is 0 Å². The number of urea groups is 1. The maximum absolute atomic E-state index is 12.0. The number of aliphatic carboxylic acids is 1. The molecule has 27 heavy (non-hydrogen) atoms. The van der Waals surface area contributed by atoms with Gasteiger partial charge in [-0.15, -0.1) is 0 Å². The van der Waals surface area contributed by atoms with E-state index in [1.807, 2.05) is 18.2 Å². The summed E-state index contributed by atoms with van der Waals surface area (Å²) in [7, 11) is 4.83. The lowest BCUT2D eigenvalue weighted by Gasteiger charge is -2.19. The molecule has 0 saturated heterocycles. The van der Waals surface area contributed by atoms with Gasteiger partial charge in [-0.3, -0.25) is 4.79 Å². The predicted molar refractivity (Wildman–Crippen MR) is 103 cm³/mol. The SMILES string of the molecule is COc1cc(OC)c2cc(CCCNC(=O)N(C)CC(C)C(=O)O)[nH]c2c1. The van der Waals surface area contributed by atoms with E-state index in [2.05, 4.69) is 10.3 Å². The number of amides is 2. The van der Waals surface area contributed by atoms with E-state index in [0.717, 1.165) is 40.9 Å². The summed E-state index contributed by atoms with van der Waals surface area (Å²) < 4.78 is 10.7. The molecule has 0 aliphatic rings. The zero-order chi connectivity index (χ0) is 20.0. The third kappa shape index (κ3) is 5.29. The van der Waals surface area contributed by atoms with Crippen LogP contribution in [0, 0.1) is 5.92 Å². The summed E-state index contributed by atoms with van der Waals surface area (Å²) in [5.41, 5.74) is 1.98. The van der Waals surface area contributed by atoms with Crippen LogP contribution in [0.2, 0.25) is 0 Å². The Bertz CT molecular complexity index is 802. The monoisotopic (exact) mass is 377 g/mol. The topological polar surface area (TPSA) is 104 Å². The van der Waals surface area contributed by atoms with Gasteiger partial charge >= 0.3 is 12.0 Å². The van der Waals surface area contributed by atoms with Gasteiger partial charge in [0.15, 0.2) is 0 Å². The second-order valence-corrected chi connectivity index (χ2v) is 6.54. The molecule has 2 aromatic rings. The van der Waals surface area contributed by atoms with Crippen molar-refractivity contribution in [1.29, 1.82) is 0 Å². The molecule has 1 unspecified atom stereocenters. The number of nitrogens with one attached hydrogen (secondary N) is 2. The first-order valence-electron chi connectivity index (χ1n) is 8.81. The maximum Gasteiger partial charge on any atom is 0.317 e. The van der Waals surface area contributed by atoms with Crippen LogP contribution in [0.3, 0.4) is 0 Å². The summed E-state index contributed by atoms with van der Waals surface area (Å²) in [6, 6.07) is 5.53. The van der Waals surface area contributed by atoms with E-state index in [9.17, 15) is 9.59 Å². The fourth-order valence-corrected chi connectivity index (χ4v) is 2.84. The molecule has 0 radical (unpaired) electrons. The molecule has 8 heteroatoms. The van der Waals surface area contributed by atoms with Gasteiger partial charge < -0.3 is 29.8 Å². The number of aromatic nitrogens is 1. The number of aromatic amines is 1. The van der Waals surface area contributed by atoms with Crippen molar-refractivity contribution < 1.29 is 24.2 Å². The second kappa shape index (κ2) is 9.16. The van der Waals surface area contributed by atoms with Crippen molar-refractivity contribution in [3.63, 3.8) is 0 Å². The molecule has 0 saturated carbocycles. The highest BCUT2D eigenvalue weighted by Crippen LogP contribution is 2.31. The first kappa shape index (κ1) is 20.4. The summed E-state index contributed by atoms with van der Waals surface area (Å²) in [5, 5.41) is 12.7. The summed E-state index contributed by atoms with van der Waals surface area (Å²) in [4.78, 5) is 27.6. The average molecular weight is 377 g/mol. The standard InChI is InChI=1S/C19H27N3O5/c1-12(18(23)24)11-22(2)19(25)20-7-5-6-13-8-15-16(21-13)9-14(26-3)10-17(15)27-4/h8-10,12,21H,5-7,11H2,1-4H3,(H,20,25)(H,23,24). The smallest absolute Gasteiger partial charge is 0.317 e. The van der Waals surface area contributed by atoms with Gasteiger partial charge in [0.1, 0.15) is 11.5 Å². The lowest BCUT2D eigenvalue weighted by Crippen LogP contribution is -2.41. The third-order valence-electron chi connectivity index (χ3n) is 4.40. The minimum absolute atomic E-state index is 0.171. The van der Waals surface area contributed by atoms with Gasteiger partial charge in [0.05, 0.1) is 25.7 Å². The van der Waals surface area contributed by atoms with Crippen LogP contribution in [0.5, 0.6) is 11.5 Å². The van der Waals surface area contributed by atoms with Gasteiger partial charge in [0, 0.05) is 43.4 Å². The molecule has 1 atom stereocenters. The molecule has 0 fully saturated rings. The molecule has 2 amide bonds. The fourth-order valence-electron chi connectivity index (χ4n) is 2.84. The molecule has 148 valence electrons. The predicted octanol–water partition coefficient (Wildman–Crippen LogP) is 2.48. The second-order valence-electron chi connectivity index (χ2n) is 6.54. The summed E-state index contributed by atoms with van der Waals surface area (Å²) in [6.45, 7) is 2.25. The molecule has 1 heterocycles. The Labute approximate surface area is 158 Å². The van der Waals surface area contributed by atoms with Gasteiger partial charge in [-0.1, -0.05) is 6.92 Å². The van der Waals surface area contributed by atoms with Crippen LogP contribution in [-0.4, -0.2) is 61.3 Å². The number of hydrogen-bond acceptors (Lipinski definition) is 4. The largest absolute Gasteiger partial charge is 0.497 e. The van der Waals surface area contributed by atoms with Crippen LogP contribution >= 0.6 is 0 Å². The number of rotatable bonds is 9. The number of H-pyrrole nitrogens is 1. The molecular formula is C19H27N3O5. The minimum atomic E-state index is -0.916. The van der Waals surface area contributed by atoms with Crippen molar-refractivity contribution in [3.8, 4) is 11.5 Å². The number of fused-ring (bicyclic) bond motifs is 1. The van der Waals surface area contributed by atoms with Crippen LogP contribution in [0.25, 0.3) is 10.9 Å². The quantitative estimate of drug-likeness (QED) is 0.583. The van der Waals surface area contributed by atoms with Gasteiger partial charge in [-0.2, -0.15) is 0 Å². The van der Waals surface area contributed by atoms with Crippen molar-refractivity contribution in [2.24, 2.45) is 5.92 Å². The molecule has 2 rings (SSSR count). The van der Waals surface area contributed by atoms with Crippen LogP contribution in [-0.2, 0) is 11.2 Å². The number of carbonyl (C=O) groups is 2. The molecule has 0 bridgehead atoms. The molecule has 8 nitrogen and oxygen atoms in total. The van der Waals surface area contributed by atoms with E-state index in [4.69, 9.17) is 14.6 Å². The number of ether oxygens (including phenoxy) is 2. The number of aryl methyl sites for hydroxylation is 1. The van der Waals surface area contributed by atoms with Gasteiger partial charge in [-0.05, 0) is 18.9 Å². The molecule has 1 aromatic heterocycles. The fraction of sp³-hybridized carbons (Fsp3) is 0.474. The first-order chi connectivity index (χ1) is 12.8. The summed E-state index contributed by atoms with van der Waals surface area (Å²) in [6.07, 6.45) is 1.51. The van der Waals surface area contributed by atoms with E-state index in [1.54, 1.807) is 28.2 Å². The Morgan fingerprint density at radius 1 is 1.26 bits per heavy atom. The highest BCUT2D eigenvalue weighted by Gasteiger charge is 2.17. The van der Waals surface area contributed by atoms with Crippen LogP contribution in [0.15, 0.2) is 18.2 Å². The first-order valence-corrected chi connectivity index (χ1v) is 8.81. The molecule has 0 aliphatic carbocycles. The van der Waals surface area contributed by atoms with Crippen molar-refractivity contribution in [2.75, 3.05) is 34.4 Å². The Morgan fingerprint density at radius 3 is 2.63 bits per heavy atom. The van der Waals surface area contributed by atoms with Crippen molar-refractivity contribution in [3.05, 3.63) is 23.9 Å². The lowest BCUT2D eigenvalue weighted by atomic mass is 10.2. The Hall–Kier alpha value is -2.90. The molecule has 3 N–H and O–H groups in total. The van der Waals surface area contributed by atoms with Gasteiger partial charge in [0.2, 0.25) is 0 Å². The lowest BCUT2D eigenvalue weighted by molar-refractivity contribution is -0.141. The number of benzene rings is 1. The maximum atomic E-state index is 12.0. The van der Waals surface area contributed by atoms with Crippen LogP contribution in [0.1, 0.15) is 19.0 Å². The van der Waals surface area contributed by atoms with Crippen molar-refractivity contribution in [1.82, 2.24) is 15.2 Å². The third-order valence-corrected chi connectivity index (χ3v) is 4.40. The Balaban J connectivity index is 1.86. The molecule has 0 aliphatic heterocycles. The summed E-state index contributed by atoms with van der Waals surface area (Å²) in [5.74, 6) is -0.0486. The zero-order valence-electron chi connectivity index (χ0n) is 16.2. The minimum Gasteiger partial charge on any atom is -0.497 e. The molecule has 1 aromatic carbocycles. The zero-order valence-corrected chi connectivity index (χ0v) is 16.2. The van der Waals surface area contributed by atoms with E-state index in [0.29, 0.717) is 6.54 Å². The Morgan fingerprint density at radius 2 is 2.00 bits per heavy atom. The van der Waals surface area contributed by atoms with Crippen molar-refractivity contribution >= 4 is 22.9 Å². The summed E-state index contributed by atoms with van der Waals surface area (Å²) >= 11 is 0. The number of carboxylic acid groups (broad SMARTS) is 1. The normalized spacial score (nSPS) is 11.9. The van der Waals surface area contributed by atoms with Gasteiger partial charge in [0.25, 0.3) is 0 Å². The number of nitrogens with zero attached hydrogens (tertiary/aromatic N) is 1. The number of carboxylic acids is 1. The number of hydrogen-bond donors (Lipinski definition) is 3. The van der Waals surface area contributed by atoms with Crippen molar-refractivity contribution in [2.45, 2.75) is 19.8 Å². The average Bonchev–Trinajstić information content (AvgIpc) is 3.06. The van der Waals surface area contributed by atoms with Crippen LogP contribution < -0.4 is 14.8 Å². The van der Waals surface area contributed by atoms with Crippen LogP contribution in [0.4, 0.5) is 4.79 Å². The molecule has 0 spiro atoms. The highest BCUT2D eigenvalue weighted by atomic mass is 16.5. The Kier molecular flexibility index (Phi) is 6.92. The van der Waals surface area contributed by atoms with Gasteiger partial charge in [-0.25, -0.2) is 4.79 Å². The van der Waals surface area contributed by atoms with E-state index in [-0.39, 0.29) is 12.6 Å². The van der Waals surface area contributed by atoms with E-state index in [1.165, 1.54) is 4.90 Å².